The van der Waals surface area contributed by atoms with Gasteiger partial charge in [0, 0.05) is 0 Å². The molecule has 0 amide bonds. The molecular formula is C20H17N3O4. The van der Waals surface area contributed by atoms with E-state index in [0.29, 0.717) is 22.5 Å². The fourth-order valence-electron chi connectivity index (χ4n) is 2.69. The standard InChI is InChI=1S/C20H17N3O4/c1-12-8-9-15(19(25)18(12)24)20(26)27-11-17-16(10-21)13(2)22-23(17)14-6-4-3-5-7-14/h3-9,24-25H,11H2,1-2H3. The van der Waals surface area contributed by atoms with Gasteiger partial charge in [-0.05, 0) is 37.6 Å². The minimum Gasteiger partial charge on any atom is -0.504 e. The first kappa shape index (κ1) is 18.0. The van der Waals surface area contributed by atoms with E-state index < -0.39 is 11.7 Å². The van der Waals surface area contributed by atoms with Crippen LogP contribution in [-0.2, 0) is 11.3 Å². The van der Waals surface area contributed by atoms with Crippen LogP contribution in [-0.4, -0.2) is 26.0 Å². The Labute approximate surface area is 155 Å². The summed E-state index contributed by atoms with van der Waals surface area (Å²) >= 11 is 0. The summed E-state index contributed by atoms with van der Waals surface area (Å²) < 4.78 is 6.84. The van der Waals surface area contributed by atoms with Gasteiger partial charge in [-0.1, -0.05) is 24.3 Å². The number of phenolic OH excluding ortho intramolecular Hbond substituents is 2. The van der Waals surface area contributed by atoms with E-state index >= 15 is 0 Å². The van der Waals surface area contributed by atoms with Crippen LogP contribution >= 0.6 is 0 Å². The van der Waals surface area contributed by atoms with Gasteiger partial charge in [0.25, 0.3) is 0 Å². The Morgan fingerprint density at radius 2 is 1.85 bits per heavy atom. The van der Waals surface area contributed by atoms with Gasteiger partial charge >= 0.3 is 5.97 Å². The fourth-order valence-corrected chi connectivity index (χ4v) is 2.69. The third kappa shape index (κ3) is 3.33. The number of nitriles is 1. The Hall–Kier alpha value is -3.79. The number of nitrogens with zero attached hydrogens (tertiary/aromatic N) is 3. The van der Waals surface area contributed by atoms with Crippen molar-refractivity contribution in [3.63, 3.8) is 0 Å². The van der Waals surface area contributed by atoms with Crippen LogP contribution in [0.15, 0.2) is 42.5 Å². The lowest BCUT2D eigenvalue weighted by molar-refractivity contribution is 0.0460. The van der Waals surface area contributed by atoms with Gasteiger partial charge in [-0.3, -0.25) is 0 Å². The summed E-state index contributed by atoms with van der Waals surface area (Å²) in [5.74, 6) is -1.72. The molecule has 0 saturated heterocycles. The molecule has 2 aromatic carbocycles. The molecule has 0 bridgehead atoms. The van der Waals surface area contributed by atoms with Crippen molar-refractivity contribution >= 4 is 5.97 Å². The number of esters is 1. The molecule has 3 rings (SSSR count). The van der Waals surface area contributed by atoms with E-state index in [4.69, 9.17) is 4.74 Å². The molecule has 0 radical (unpaired) electrons. The van der Waals surface area contributed by atoms with Crippen molar-refractivity contribution in [3.8, 4) is 23.3 Å². The van der Waals surface area contributed by atoms with Crippen LogP contribution in [0.1, 0.15) is 32.9 Å². The molecule has 0 spiro atoms. The average Bonchev–Trinajstić information content (AvgIpc) is 3.00. The van der Waals surface area contributed by atoms with Gasteiger partial charge in [0.2, 0.25) is 0 Å². The van der Waals surface area contributed by atoms with Crippen molar-refractivity contribution in [1.29, 1.82) is 5.26 Å². The van der Waals surface area contributed by atoms with E-state index in [0.717, 1.165) is 5.69 Å². The summed E-state index contributed by atoms with van der Waals surface area (Å²) in [7, 11) is 0. The minimum absolute atomic E-state index is 0.154. The molecule has 0 aliphatic rings. The quantitative estimate of drug-likeness (QED) is 0.544. The molecule has 0 fully saturated rings. The van der Waals surface area contributed by atoms with Crippen LogP contribution in [0.4, 0.5) is 0 Å². The van der Waals surface area contributed by atoms with Gasteiger partial charge in [-0.15, -0.1) is 0 Å². The van der Waals surface area contributed by atoms with Gasteiger partial charge < -0.3 is 14.9 Å². The smallest absolute Gasteiger partial charge is 0.342 e. The molecule has 0 aliphatic heterocycles. The van der Waals surface area contributed by atoms with E-state index in [1.54, 1.807) is 18.5 Å². The zero-order valence-electron chi connectivity index (χ0n) is 14.8. The van der Waals surface area contributed by atoms with E-state index in [1.807, 2.05) is 30.3 Å². The van der Waals surface area contributed by atoms with Crippen LogP contribution in [0.25, 0.3) is 5.69 Å². The molecule has 0 unspecified atom stereocenters. The second kappa shape index (κ2) is 7.22. The lowest BCUT2D eigenvalue weighted by Crippen LogP contribution is -2.10. The van der Waals surface area contributed by atoms with Gasteiger partial charge in [0.05, 0.1) is 17.1 Å². The molecule has 1 aromatic heterocycles. The third-order valence-electron chi connectivity index (χ3n) is 4.18. The highest BCUT2D eigenvalue weighted by Crippen LogP contribution is 2.32. The van der Waals surface area contributed by atoms with Crippen LogP contribution in [0.5, 0.6) is 11.5 Å². The first-order valence-corrected chi connectivity index (χ1v) is 8.16. The molecule has 7 heteroatoms. The normalized spacial score (nSPS) is 10.4. The average molecular weight is 363 g/mol. The topological polar surface area (TPSA) is 108 Å². The van der Waals surface area contributed by atoms with E-state index in [1.165, 1.54) is 12.1 Å². The maximum absolute atomic E-state index is 12.4. The van der Waals surface area contributed by atoms with Crippen molar-refractivity contribution in [3.05, 3.63) is 70.5 Å². The molecule has 2 N–H and O–H groups in total. The monoisotopic (exact) mass is 363 g/mol. The summed E-state index contributed by atoms with van der Waals surface area (Å²) in [5.41, 5.74) is 2.27. The zero-order valence-corrected chi connectivity index (χ0v) is 14.8. The highest BCUT2D eigenvalue weighted by molar-refractivity contribution is 5.93. The fraction of sp³-hybridized carbons (Fsp3) is 0.150. The van der Waals surface area contributed by atoms with E-state index in [9.17, 15) is 20.3 Å². The molecule has 0 aliphatic carbocycles. The highest BCUT2D eigenvalue weighted by Gasteiger charge is 2.21. The summed E-state index contributed by atoms with van der Waals surface area (Å²) in [6.07, 6.45) is 0. The number of aromatic hydroxyl groups is 2. The Morgan fingerprint density at radius 1 is 1.15 bits per heavy atom. The highest BCUT2D eigenvalue weighted by atomic mass is 16.5. The molecule has 27 heavy (non-hydrogen) atoms. The number of carbonyl (C=O) groups excluding carboxylic acids is 1. The van der Waals surface area contributed by atoms with Gasteiger partial charge in [0.15, 0.2) is 11.5 Å². The Kier molecular flexibility index (Phi) is 4.81. The van der Waals surface area contributed by atoms with Crippen molar-refractivity contribution in [1.82, 2.24) is 9.78 Å². The minimum atomic E-state index is -0.815. The Bertz CT molecular complexity index is 1050. The number of rotatable bonds is 4. The molecule has 136 valence electrons. The van der Waals surface area contributed by atoms with Crippen molar-refractivity contribution in [2.45, 2.75) is 20.5 Å². The lowest BCUT2D eigenvalue weighted by atomic mass is 10.1. The number of carbonyl (C=O) groups is 1. The summed E-state index contributed by atoms with van der Waals surface area (Å²) in [4.78, 5) is 12.4. The van der Waals surface area contributed by atoms with Gasteiger partial charge in [-0.25, -0.2) is 9.48 Å². The van der Waals surface area contributed by atoms with Crippen LogP contribution in [0, 0.1) is 25.2 Å². The summed E-state index contributed by atoms with van der Waals surface area (Å²) in [6.45, 7) is 3.09. The number of aromatic nitrogens is 2. The van der Waals surface area contributed by atoms with Crippen LogP contribution in [0.3, 0.4) is 0 Å². The SMILES string of the molecule is Cc1ccc(C(=O)OCc2c(C#N)c(C)nn2-c2ccccc2)c(O)c1O. The molecular weight excluding hydrogens is 346 g/mol. The molecule has 3 aromatic rings. The molecule has 7 nitrogen and oxygen atoms in total. The predicted octanol–water partition coefficient (Wildman–Crippen LogP) is 3.13. The summed E-state index contributed by atoms with van der Waals surface area (Å²) in [5, 5.41) is 33.5. The predicted molar refractivity (Wildman–Crippen MR) is 96.6 cm³/mol. The Balaban J connectivity index is 1.92. The zero-order chi connectivity index (χ0) is 19.6. The van der Waals surface area contributed by atoms with Crippen LogP contribution < -0.4 is 0 Å². The second-order valence-electron chi connectivity index (χ2n) is 5.97. The van der Waals surface area contributed by atoms with Gasteiger partial charge in [-0.2, -0.15) is 10.4 Å². The number of aryl methyl sites for hydroxylation is 2. The maximum Gasteiger partial charge on any atom is 0.342 e. The number of hydrogen-bond acceptors (Lipinski definition) is 6. The third-order valence-corrected chi connectivity index (χ3v) is 4.18. The van der Waals surface area contributed by atoms with Gasteiger partial charge in [0.1, 0.15) is 23.8 Å². The number of benzene rings is 2. The molecule has 0 atom stereocenters. The van der Waals surface area contributed by atoms with Crippen molar-refractivity contribution in [2.24, 2.45) is 0 Å². The first-order chi connectivity index (χ1) is 12.9. The largest absolute Gasteiger partial charge is 0.504 e. The number of phenols is 2. The lowest BCUT2D eigenvalue weighted by Gasteiger charge is -2.11. The number of ether oxygens (including phenoxy) is 1. The van der Waals surface area contributed by atoms with E-state index in [2.05, 4.69) is 11.2 Å². The number of para-hydroxylation sites is 1. The van der Waals surface area contributed by atoms with Crippen molar-refractivity contribution < 1.29 is 19.7 Å². The van der Waals surface area contributed by atoms with Crippen LogP contribution in [0.2, 0.25) is 0 Å². The number of hydrogen-bond donors (Lipinski definition) is 2. The van der Waals surface area contributed by atoms with Crippen molar-refractivity contribution in [2.75, 3.05) is 0 Å². The molecule has 1 heterocycles. The first-order valence-electron chi connectivity index (χ1n) is 8.16. The maximum atomic E-state index is 12.4. The second-order valence-corrected chi connectivity index (χ2v) is 5.97. The summed E-state index contributed by atoms with van der Waals surface area (Å²) in [6, 6.07) is 14.1. The molecule has 0 saturated carbocycles. The Morgan fingerprint density at radius 3 is 2.52 bits per heavy atom. The van der Waals surface area contributed by atoms with E-state index in [-0.39, 0.29) is 17.9 Å².